The highest BCUT2D eigenvalue weighted by Gasteiger charge is 2.08. The van der Waals surface area contributed by atoms with Crippen molar-refractivity contribution in [2.24, 2.45) is 15.9 Å². The number of nitrogens with zero attached hydrogens (tertiary/aromatic N) is 3. The van der Waals surface area contributed by atoms with Crippen LogP contribution in [0.5, 0.6) is 0 Å². The summed E-state index contributed by atoms with van der Waals surface area (Å²) in [4.78, 5) is 14.4. The summed E-state index contributed by atoms with van der Waals surface area (Å²) in [5.41, 5.74) is 1.17. The SMILES string of the molecule is N/N=C\C(=N\CSI)c1cccc([N+](=O)[O-])c1. The average Bonchev–Trinajstić information content (AvgIpc) is 2.34. The Bertz CT molecular complexity index is 464. The third-order valence-corrected chi connectivity index (χ3v) is 2.90. The first-order chi connectivity index (χ1) is 8.19. The highest BCUT2D eigenvalue weighted by molar-refractivity contribution is 14.2. The summed E-state index contributed by atoms with van der Waals surface area (Å²) in [7, 11) is 1.51. The smallest absolute Gasteiger partial charge is 0.270 e. The van der Waals surface area contributed by atoms with E-state index in [-0.39, 0.29) is 5.69 Å². The molecule has 0 unspecified atom stereocenters. The van der Waals surface area contributed by atoms with Crippen LogP contribution in [0, 0.1) is 10.1 Å². The second-order valence-electron chi connectivity index (χ2n) is 2.87. The Morgan fingerprint density at radius 2 is 2.41 bits per heavy atom. The standard InChI is InChI=1S/C9H9IN4O2S/c10-17-6-12-9(5-13-11)7-2-1-3-8(4-7)14(15)16/h1-5H,6,11H2/b12-9-,13-5-. The van der Waals surface area contributed by atoms with E-state index in [1.165, 1.54) is 27.3 Å². The quantitative estimate of drug-likeness (QED) is 0.285. The van der Waals surface area contributed by atoms with Crippen molar-refractivity contribution in [2.45, 2.75) is 0 Å². The number of aliphatic imine (C=N–C) groups is 1. The highest BCUT2D eigenvalue weighted by atomic mass is 127. The van der Waals surface area contributed by atoms with Crippen LogP contribution in [0.2, 0.25) is 0 Å². The van der Waals surface area contributed by atoms with E-state index in [0.717, 1.165) is 0 Å². The number of nitro groups is 1. The Labute approximate surface area is 114 Å². The van der Waals surface area contributed by atoms with Crippen LogP contribution in [0.15, 0.2) is 34.4 Å². The third kappa shape index (κ3) is 4.30. The zero-order valence-corrected chi connectivity index (χ0v) is 11.6. The largest absolute Gasteiger partial charge is 0.323 e. The lowest BCUT2D eigenvalue weighted by atomic mass is 10.1. The zero-order valence-electron chi connectivity index (χ0n) is 8.62. The maximum Gasteiger partial charge on any atom is 0.270 e. The molecule has 0 saturated heterocycles. The maximum absolute atomic E-state index is 10.6. The minimum absolute atomic E-state index is 0.0164. The number of nitrogens with two attached hydrogens (primary N) is 1. The van der Waals surface area contributed by atoms with Crippen LogP contribution in [0.25, 0.3) is 0 Å². The molecule has 0 radical (unpaired) electrons. The van der Waals surface area contributed by atoms with Gasteiger partial charge in [0.05, 0.1) is 22.7 Å². The van der Waals surface area contributed by atoms with E-state index in [4.69, 9.17) is 5.84 Å². The maximum atomic E-state index is 10.6. The fraction of sp³-hybridized carbons (Fsp3) is 0.111. The highest BCUT2D eigenvalue weighted by Crippen LogP contribution is 2.15. The Morgan fingerprint density at radius 3 is 3.00 bits per heavy atom. The lowest BCUT2D eigenvalue weighted by Gasteiger charge is -2.00. The van der Waals surface area contributed by atoms with Crippen LogP contribution in [-0.4, -0.2) is 22.7 Å². The molecule has 0 aliphatic rings. The Morgan fingerprint density at radius 1 is 1.65 bits per heavy atom. The molecule has 90 valence electrons. The normalized spacial score (nSPS) is 11.9. The fourth-order valence-corrected chi connectivity index (χ4v) is 1.76. The van der Waals surface area contributed by atoms with Gasteiger partial charge in [0.2, 0.25) is 0 Å². The van der Waals surface area contributed by atoms with Crippen LogP contribution in [0.4, 0.5) is 5.69 Å². The van der Waals surface area contributed by atoms with Crippen molar-refractivity contribution in [2.75, 3.05) is 5.88 Å². The Kier molecular flexibility index (Phi) is 5.91. The van der Waals surface area contributed by atoms with Crippen molar-refractivity contribution in [1.29, 1.82) is 0 Å². The Balaban J connectivity index is 3.10. The van der Waals surface area contributed by atoms with Crippen molar-refractivity contribution in [3.63, 3.8) is 0 Å². The van der Waals surface area contributed by atoms with Gasteiger partial charge in [0.25, 0.3) is 5.69 Å². The van der Waals surface area contributed by atoms with E-state index in [1.54, 1.807) is 12.1 Å². The molecular weight excluding hydrogens is 355 g/mol. The molecule has 0 heterocycles. The van der Waals surface area contributed by atoms with E-state index in [0.29, 0.717) is 17.2 Å². The predicted molar refractivity (Wildman–Crippen MR) is 78.8 cm³/mol. The number of benzene rings is 1. The molecule has 6 nitrogen and oxygen atoms in total. The van der Waals surface area contributed by atoms with Gasteiger partial charge in [-0.1, -0.05) is 21.1 Å². The molecule has 0 saturated carbocycles. The van der Waals surface area contributed by atoms with Gasteiger partial charge >= 0.3 is 0 Å². The second kappa shape index (κ2) is 7.22. The first kappa shape index (κ1) is 13.9. The topological polar surface area (TPSA) is 93.9 Å². The van der Waals surface area contributed by atoms with Crippen molar-refractivity contribution in [1.82, 2.24) is 0 Å². The van der Waals surface area contributed by atoms with E-state index in [9.17, 15) is 10.1 Å². The molecule has 1 rings (SSSR count). The minimum atomic E-state index is -0.451. The van der Waals surface area contributed by atoms with Gasteiger partial charge < -0.3 is 5.84 Å². The number of hydrogen-bond donors (Lipinski definition) is 1. The van der Waals surface area contributed by atoms with Crippen molar-refractivity contribution >= 4 is 47.8 Å². The van der Waals surface area contributed by atoms with Gasteiger partial charge in [-0.2, -0.15) is 5.10 Å². The summed E-state index contributed by atoms with van der Waals surface area (Å²) in [6, 6.07) is 6.20. The molecular formula is C9H9IN4O2S. The minimum Gasteiger partial charge on any atom is -0.323 e. The van der Waals surface area contributed by atoms with Crippen LogP contribution in [0.1, 0.15) is 5.56 Å². The van der Waals surface area contributed by atoms with Crippen molar-refractivity contribution in [3.8, 4) is 0 Å². The molecule has 0 aromatic heterocycles. The predicted octanol–water partition coefficient (Wildman–Crippen LogP) is 2.37. The lowest BCUT2D eigenvalue weighted by molar-refractivity contribution is -0.384. The molecule has 17 heavy (non-hydrogen) atoms. The number of non-ortho nitro benzene ring substituents is 1. The summed E-state index contributed by atoms with van der Waals surface area (Å²) in [5.74, 6) is 5.61. The zero-order chi connectivity index (χ0) is 12.7. The van der Waals surface area contributed by atoms with E-state index in [1.807, 2.05) is 0 Å². The summed E-state index contributed by atoms with van der Waals surface area (Å²) < 4.78 is 0. The summed E-state index contributed by atoms with van der Waals surface area (Å²) >= 11 is 2.11. The van der Waals surface area contributed by atoms with E-state index in [2.05, 4.69) is 31.3 Å². The van der Waals surface area contributed by atoms with Crippen LogP contribution >= 0.6 is 30.1 Å². The fourth-order valence-electron chi connectivity index (χ4n) is 1.15. The molecule has 0 fully saturated rings. The summed E-state index contributed by atoms with van der Waals surface area (Å²) in [6.45, 7) is 0. The van der Waals surface area contributed by atoms with Gasteiger partial charge in [0.1, 0.15) is 0 Å². The Hall–Kier alpha value is -1.16. The van der Waals surface area contributed by atoms with Crippen LogP contribution in [0.3, 0.4) is 0 Å². The van der Waals surface area contributed by atoms with Gasteiger partial charge in [0.15, 0.2) is 0 Å². The summed E-state index contributed by atoms with van der Waals surface area (Å²) in [6.07, 6.45) is 1.38. The third-order valence-electron chi connectivity index (χ3n) is 1.83. The monoisotopic (exact) mass is 364 g/mol. The van der Waals surface area contributed by atoms with Gasteiger partial charge in [-0.15, -0.1) is 0 Å². The number of halogens is 1. The lowest BCUT2D eigenvalue weighted by Crippen LogP contribution is -2.05. The molecule has 0 bridgehead atoms. The molecule has 0 aliphatic heterocycles. The molecule has 0 aliphatic carbocycles. The van der Waals surface area contributed by atoms with Crippen LogP contribution < -0.4 is 5.84 Å². The first-order valence-electron chi connectivity index (χ1n) is 4.45. The van der Waals surface area contributed by atoms with Gasteiger partial charge in [-0.3, -0.25) is 15.1 Å². The molecule has 1 aromatic rings. The molecule has 2 N–H and O–H groups in total. The number of hydrogen-bond acceptors (Lipinski definition) is 6. The number of hydrazone groups is 1. The van der Waals surface area contributed by atoms with Crippen molar-refractivity contribution < 1.29 is 4.92 Å². The van der Waals surface area contributed by atoms with Gasteiger partial charge in [-0.25, -0.2) is 0 Å². The summed E-state index contributed by atoms with van der Waals surface area (Å²) in [5, 5.41) is 14.1. The molecule has 0 amide bonds. The second-order valence-corrected chi connectivity index (χ2v) is 5.21. The molecule has 8 heteroatoms. The van der Waals surface area contributed by atoms with E-state index >= 15 is 0 Å². The van der Waals surface area contributed by atoms with Crippen molar-refractivity contribution in [3.05, 3.63) is 39.9 Å². The molecule has 0 atom stereocenters. The molecule has 1 aromatic carbocycles. The number of nitro benzene ring substituents is 1. The molecule has 0 spiro atoms. The first-order valence-corrected chi connectivity index (χ1v) is 7.98. The van der Waals surface area contributed by atoms with Gasteiger partial charge in [0, 0.05) is 17.7 Å². The van der Waals surface area contributed by atoms with Gasteiger partial charge in [-0.05, 0) is 21.2 Å². The van der Waals surface area contributed by atoms with E-state index < -0.39 is 4.92 Å². The number of rotatable bonds is 5. The average molecular weight is 364 g/mol. The van der Waals surface area contributed by atoms with Crippen LogP contribution in [-0.2, 0) is 0 Å².